The average Bonchev–Trinajstić information content (AvgIpc) is 3.31. The van der Waals surface area contributed by atoms with Gasteiger partial charge in [-0.05, 0) is 47.6 Å². The Balaban J connectivity index is 1.26. The van der Waals surface area contributed by atoms with Gasteiger partial charge in [0.1, 0.15) is 5.82 Å². The van der Waals surface area contributed by atoms with Crippen LogP contribution in [0.25, 0.3) is 22.5 Å². The van der Waals surface area contributed by atoms with E-state index in [0.29, 0.717) is 0 Å². The van der Waals surface area contributed by atoms with Crippen molar-refractivity contribution in [2.75, 3.05) is 0 Å². The Hall–Kier alpha value is -6.73. The van der Waals surface area contributed by atoms with Gasteiger partial charge in [-0.2, -0.15) is 0 Å². The predicted molar refractivity (Wildman–Crippen MR) is 259 cm³/mol. The van der Waals surface area contributed by atoms with Crippen molar-refractivity contribution in [3.8, 4) is 22.5 Å². The van der Waals surface area contributed by atoms with Crippen molar-refractivity contribution in [3.05, 3.63) is 242 Å². The minimum absolute atomic E-state index is 0.284. The molecule has 8 aromatic carbocycles. The first kappa shape index (κ1) is 38.8. The third kappa shape index (κ3) is 7.08. The van der Waals surface area contributed by atoms with E-state index in [4.69, 9.17) is 9.97 Å². The van der Waals surface area contributed by atoms with Gasteiger partial charge in [0.15, 0.2) is 16.1 Å². The van der Waals surface area contributed by atoms with Gasteiger partial charge in [-0.1, -0.05) is 251 Å². The highest BCUT2D eigenvalue weighted by Crippen LogP contribution is 2.29. The topological polar surface area (TPSA) is 25.8 Å². The number of benzene rings is 8. The quantitative estimate of drug-likeness (QED) is 0.104. The van der Waals surface area contributed by atoms with E-state index in [0.717, 1.165) is 28.3 Å². The molecule has 0 spiro atoms. The smallest absolute Gasteiger partial charge is 0.179 e. The lowest BCUT2D eigenvalue weighted by Gasteiger charge is -2.34. The molecule has 0 aliphatic heterocycles. The van der Waals surface area contributed by atoms with Gasteiger partial charge in [0.25, 0.3) is 0 Å². The number of hydrogen-bond acceptors (Lipinski definition) is 2. The molecule has 0 amide bonds. The van der Waals surface area contributed by atoms with E-state index in [1.807, 2.05) is 0 Å². The molecule has 9 rings (SSSR count). The Morgan fingerprint density at radius 2 is 0.533 bits per heavy atom. The van der Waals surface area contributed by atoms with Crippen LogP contribution in [0.1, 0.15) is 26.6 Å². The maximum atomic E-state index is 5.37. The van der Waals surface area contributed by atoms with Gasteiger partial charge in [-0.3, -0.25) is 0 Å². The molecule has 290 valence electrons. The standard InChI is InChI=1S/C56H48N2Si2/c1-56(2,3)55-57-53(43-24-22-38-51(40-43)59(45-26-10-4-11-27-45,46-28-12-5-13-29-46)47-30-14-6-15-31-47)42-54(58-55)44-25-23-39-52(41-44)60(48-32-16-7-17-33-48,49-34-18-8-19-35-49)50-36-20-9-21-37-50/h4-42H,1-3H3. The van der Waals surface area contributed by atoms with Crippen LogP contribution < -0.4 is 41.5 Å². The molecule has 4 heteroatoms. The van der Waals surface area contributed by atoms with Crippen molar-refractivity contribution in [1.82, 2.24) is 9.97 Å². The molecule has 0 bridgehead atoms. The molecule has 0 saturated carbocycles. The highest BCUT2D eigenvalue weighted by Gasteiger charge is 2.43. The first-order chi connectivity index (χ1) is 29.4. The predicted octanol–water partition coefficient (Wildman–Crippen LogP) is 7.86. The molecule has 0 N–H and O–H groups in total. The summed E-state index contributed by atoms with van der Waals surface area (Å²) in [5.74, 6) is 0.821. The summed E-state index contributed by atoms with van der Waals surface area (Å²) < 4.78 is 0. The van der Waals surface area contributed by atoms with Crippen LogP contribution in [0.3, 0.4) is 0 Å². The van der Waals surface area contributed by atoms with Crippen LogP contribution in [0.2, 0.25) is 0 Å². The Labute approximate surface area is 357 Å². The summed E-state index contributed by atoms with van der Waals surface area (Å²) in [6, 6.07) is 87.2. The molecule has 0 fully saturated rings. The zero-order chi connectivity index (χ0) is 41.0. The van der Waals surface area contributed by atoms with Crippen LogP contribution in [0.15, 0.2) is 237 Å². The van der Waals surface area contributed by atoms with Crippen LogP contribution in [-0.4, -0.2) is 26.1 Å². The third-order valence-corrected chi connectivity index (χ3v) is 21.4. The normalized spacial score (nSPS) is 11.9. The van der Waals surface area contributed by atoms with Crippen molar-refractivity contribution in [2.24, 2.45) is 0 Å². The molecule has 0 aliphatic rings. The highest BCUT2D eigenvalue weighted by molar-refractivity contribution is 7.20. The lowest BCUT2D eigenvalue weighted by Crippen LogP contribution is -2.74. The largest absolute Gasteiger partial charge is 0.232 e. The van der Waals surface area contributed by atoms with Crippen LogP contribution in [0.4, 0.5) is 0 Å². The Bertz CT molecular complexity index is 2440. The summed E-state index contributed by atoms with van der Waals surface area (Å²) in [5.41, 5.74) is 3.73. The molecular formula is C56H48N2Si2. The maximum absolute atomic E-state index is 5.37. The van der Waals surface area contributed by atoms with Gasteiger partial charge in [-0.25, -0.2) is 9.97 Å². The molecule has 9 aromatic rings. The fraction of sp³-hybridized carbons (Fsp3) is 0.0714. The third-order valence-electron chi connectivity index (χ3n) is 11.8. The molecule has 1 heterocycles. The van der Waals surface area contributed by atoms with Crippen molar-refractivity contribution in [1.29, 1.82) is 0 Å². The Morgan fingerprint density at radius 1 is 0.283 bits per heavy atom. The lowest BCUT2D eigenvalue weighted by molar-refractivity contribution is 0.547. The molecule has 0 saturated heterocycles. The van der Waals surface area contributed by atoms with Crippen LogP contribution in [0, 0.1) is 0 Å². The minimum atomic E-state index is -2.76. The van der Waals surface area contributed by atoms with Crippen molar-refractivity contribution >= 4 is 57.6 Å². The van der Waals surface area contributed by atoms with E-state index in [-0.39, 0.29) is 5.41 Å². The van der Waals surface area contributed by atoms with Crippen LogP contribution >= 0.6 is 0 Å². The second-order valence-corrected chi connectivity index (χ2v) is 24.2. The number of nitrogens with zero attached hydrogens (tertiary/aromatic N) is 2. The molecule has 60 heavy (non-hydrogen) atoms. The molecular weight excluding hydrogens is 757 g/mol. The Morgan fingerprint density at radius 3 is 0.783 bits per heavy atom. The summed E-state index contributed by atoms with van der Waals surface area (Å²) in [6.45, 7) is 6.62. The first-order valence-electron chi connectivity index (χ1n) is 20.8. The number of aromatic nitrogens is 2. The molecule has 0 aliphatic carbocycles. The van der Waals surface area contributed by atoms with E-state index in [2.05, 4.69) is 257 Å². The van der Waals surface area contributed by atoms with Gasteiger partial charge in [0.05, 0.1) is 11.4 Å². The average molecular weight is 805 g/mol. The summed E-state index contributed by atoms with van der Waals surface area (Å²) in [4.78, 5) is 10.7. The van der Waals surface area contributed by atoms with Gasteiger partial charge in [0, 0.05) is 16.5 Å². The SMILES string of the molecule is CC(C)(C)c1nc(-c2cccc([Si](c3ccccc3)(c3ccccc3)c3ccccc3)c2)cc(-c2cccc([Si](c3ccccc3)(c3ccccc3)c3ccccc3)c2)n1. The number of hydrogen-bond donors (Lipinski definition) is 0. The van der Waals surface area contributed by atoms with Gasteiger partial charge in [-0.15, -0.1) is 0 Å². The monoisotopic (exact) mass is 804 g/mol. The van der Waals surface area contributed by atoms with E-state index in [1.54, 1.807) is 0 Å². The first-order valence-corrected chi connectivity index (χ1v) is 24.8. The van der Waals surface area contributed by atoms with Crippen molar-refractivity contribution < 1.29 is 0 Å². The molecule has 0 radical (unpaired) electrons. The fourth-order valence-corrected chi connectivity index (χ4v) is 18.6. The zero-order valence-corrected chi connectivity index (χ0v) is 36.4. The molecule has 0 unspecified atom stereocenters. The van der Waals surface area contributed by atoms with Gasteiger partial charge < -0.3 is 0 Å². The number of rotatable bonds is 10. The van der Waals surface area contributed by atoms with Gasteiger partial charge in [0.2, 0.25) is 0 Å². The van der Waals surface area contributed by atoms with E-state index < -0.39 is 16.1 Å². The van der Waals surface area contributed by atoms with Crippen LogP contribution in [-0.2, 0) is 5.41 Å². The lowest BCUT2D eigenvalue weighted by atomic mass is 9.94. The molecule has 1 aromatic heterocycles. The summed E-state index contributed by atoms with van der Waals surface area (Å²) in [6.07, 6.45) is 0. The summed E-state index contributed by atoms with van der Waals surface area (Å²) in [5, 5.41) is 10.7. The fourth-order valence-electron chi connectivity index (χ4n) is 9.03. The summed E-state index contributed by atoms with van der Waals surface area (Å²) in [7, 11) is -5.51. The van der Waals surface area contributed by atoms with E-state index in [1.165, 1.54) is 41.5 Å². The highest BCUT2D eigenvalue weighted by atomic mass is 28.3. The van der Waals surface area contributed by atoms with E-state index in [9.17, 15) is 0 Å². The minimum Gasteiger partial charge on any atom is -0.232 e. The van der Waals surface area contributed by atoms with Crippen molar-refractivity contribution in [2.45, 2.75) is 26.2 Å². The Kier molecular flexibility index (Phi) is 10.7. The van der Waals surface area contributed by atoms with E-state index >= 15 is 0 Å². The van der Waals surface area contributed by atoms with Gasteiger partial charge >= 0.3 is 0 Å². The van der Waals surface area contributed by atoms with Crippen molar-refractivity contribution in [3.63, 3.8) is 0 Å². The zero-order valence-electron chi connectivity index (χ0n) is 34.4. The molecule has 2 nitrogen and oxygen atoms in total. The second kappa shape index (κ2) is 16.5. The van der Waals surface area contributed by atoms with Crippen LogP contribution in [0.5, 0.6) is 0 Å². The summed E-state index contributed by atoms with van der Waals surface area (Å²) >= 11 is 0. The maximum Gasteiger partial charge on any atom is 0.179 e. The molecule has 0 atom stereocenters. The second-order valence-electron chi connectivity index (χ2n) is 16.6.